The van der Waals surface area contributed by atoms with Crippen molar-refractivity contribution < 1.29 is 18.8 Å². The number of amides is 2. The first kappa shape index (κ1) is 15.2. The van der Waals surface area contributed by atoms with Gasteiger partial charge in [0.15, 0.2) is 5.82 Å². The Balaban J connectivity index is 2.50. The van der Waals surface area contributed by atoms with Gasteiger partial charge in [0.2, 0.25) is 11.8 Å². The molecule has 1 rings (SSSR count). The summed E-state index contributed by atoms with van der Waals surface area (Å²) in [7, 11) is 1.45. The third-order valence-corrected chi connectivity index (χ3v) is 2.44. The van der Waals surface area contributed by atoms with Gasteiger partial charge in [-0.3, -0.25) is 9.59 Å². The Labute approximate surface area is 111 Å². The Morgan fingerprint density at radius 1 is 1.53 bits per heavy atom. The number of unbranched alkanes of at least 4 members (excludes halogenated alkanes) is 1. The maximum absolute atomic E-state index is 11.8. The average molecular weight is 269 g/mol. The molecule has 1 aromatic heterocycles. The SMILES string of the molecule is CCCCN(CC(=O)Nc1ccon1)C(=O)COC. The van der Waals surface area contributed by atoms with Crippen molar-refractivity contribution in [1.82, 2.24) is 10.1 Å². The second kappa shape index (κ2) is 8.25. The summed E-state index contributed by atoms with van der Waals surface area (Å²) in [6.45, 7) is 2.51. The van der Waals surface area contributed by atoms with Gasteiger partial charge in [0, 0.05) is 19.7 Å². The van der Waals surface area contributed by atoms with Crippen LogP contribution in [0.5, 0.6) is 0 Å². The predicted molar refractivity (Wildman–Crippen MR) is 68.5 cm³/mol. The number of hydrogen-bond acceptors (Lipinski definition) is 5. The van der Waals surface area contributed by atoms with Gasteiger partial charge in [-0.05, 0) is 6.42 Å². The normalized spacial score (nSPS) is 10.2. The summed E-state index contributed by atoms with van der Waals surface area (Å²) in [5.74, 6) is -0.180. The number of hydrogen-bond donors (Lipinski definition) is 1. The first-order valence-corrected chi connectivity index (χ1v) is 6.14. The first-order valence-electron chi connectivity index (χ1n) is 6.14. The summed E-state index contributed by atoms with van der Waals surface area (Å²) in [5.41, 5.74) is 0. The van der Waals surface area contributed by atoms with Crippen molar-refractivity contribution in [3.63, 3.8) is 0 Å². The quantitative estimate of drug-likeness (QED) is 0.757. The van der Waals surface area contributed by atoms with E-state index in [0.717, 1.165) is 12.8 Å². The van der Waals surface area contributed by atoms with Crippen molar-refractivity contribution in [1.29, 1.82) is 0 Å². The van der Waals surface area contributed by atoms with E-state index in [2.05, 4.69) is 15.0 Å². The lowest BCUT2D eigenvalue weighted by Crippen LogP contribution is -2.40. The van der Waals surface area contributed by atoms with E-state index in [1.54, 1.807) is 0 Å². The number of methoxy groups -OCH3 is 1. The van der Waals surface area contributed by atoms with Gasteiger partial charge in [0.1, 0.15) is 12.9 Å². The van der Waals surface area contributed by atoms with Crippen LogP contribution in [0.25, 0.3) is 0 Å². The predicted octanol–water partition coefficient (Wildman–Crippen LogP) is 0.888. The van der Waals surface area contributed by atoms with E-state index >= 15 is 0 Å². The standard InChI is InChI=1S/C12H19N3O4/c1-3-4-6-15(12(17)9-18-2)8-11(16)13-10-5-7-19-14-10/h5,7H,3-4,6,8-9H2,1-2H3,(H,13,14,16). The van der Waals surface area contributed by atoms with Crippen LogP contribution in [-0.2, 0) is 14.3 Å². The Kier molecular flexibility index (Phi) is 6.59. The van der Waals surface area contributed by atoms with Gasteiger partial charge in [-0.2, -0.15) is 0 Å². The molecule has 0 radical (unpaired) electrons. The Morgan fingerprint density at radius 3 is 2.89 bits per heavy atom. The maximum Gasteiger partial charge on any atom is 0.249 e. The molecular formula is C12H19N3O4. The molecule has 0 aliphatic heterocycles. The summed E-state index contributed by atoms with van der Waals surface area (Å²) >= 11 is 0. The second-order valence-corrected chi connectivity index (χ2v) is 4.03. The fourth-order valence-electron chi connectivity index (χ4n) is 1.49. The van der Waals surface area contributed by atoms with Gasteiger partial charge in [-0.1, -0.05) is 18.5 Å². The molecule has 0 saturated carbocycles. The number of nitrogens with one attached hydrogen (secondary N) is 1. The van der Waals surface area contributed by atoms with Crippen molar-refractivity contribution >= 4 is 17.6 Å². The minimum absolute atomic E-state index is 0.0188. The van der Waals surface area contributed by atoms with Crippen LogP contribution in [0, 0.1) is 0 Å². The molecular weight excluding hydrogens is 250 g/mol. The fraction of sp³-hybridized carbons (Fsp3) is 0.583. The number of aromatic nitrogens is 1. The van der Waals surface area contributed by atoms with Crippen LogP contribution in [0.1, 0.15) is 19.8 Å². The Bertz CT molecular complexity index is 392. The van der Waals surface area contributed by atoms with E-state index in [4.69, 9.17) is 4.74 Å². The van der Waals surface area contributed by atoms with Gasteiger partial charge in [-0.15, -0.1) is 0 Å². The van der Waals surface area contributed by atoms with Crippen molar-refractivity contribution in [2.75, 3.05) is 32.1 Å². The minimum Gasteiger partial charge on any atom is -0.375 e. The van der Waals surface area contributed by atoms with E-state index < -0.39 is 0 Å². The number of nitrogens with zero attached hydrogens (tertiary/aromatic N) is 2. The lowest BCUT2D eigenvalue weighted by atomic mass is 10.3. The van der Waals surface area contributed by atoms with E-state index in [1.165, 1.54) is 24.3 Å². The summed E-state index contributed by atoms with van der Waals surface area (Å²) < 4.78 is 9.41. The van der Waals surface area contributed by atoms with Gasteiger partial charge < -0.3 is 19.5 Å². The van der Waals surface area contributed by atoms with Gasteiger partial charge >= 0.3 is 0 Å². The molecule has 0 aromatic carbocycles. The molecule has 0 atom stereocenters. The minimum atomic E-state index is -0.311. The highest BCUT2D eigenvalue weighted by atomic mass is 16.5. The highest BCUT2D eigenvalue weighted by molar-refractivity contribution is 5.93. The van der Waals surface area contributed by atoms with Crippen molar-refractivity contribution in [2.45, 2.75) is 19.8 Å². The van der Waals surface area contributed by atoms with Crippen LogP contribution in [-0.4, -0.2) is 48.7 Å². The zero-order chi connectivity index (χ0) is 14.1. The van der Waals surface area contributed by atoms with E-state index in [0.29, 0.717) is 12.4 Å². The molecule has 1 aromatic rings. The molecule has 2 amide bonds. The summed E-state index contributed by atoms with van der Waals surface area (Å²) in [6.07, 6.45) is 3.15. The van der Waals surface area contributed by atoms with Gasteiger partial charge in [0.25, 0.3) is 0 Å². The molecule has 1 N–H and O–H groups in total. The van der Waals surface area contributed by atoms with E-state index in [-0.39, 0.29) is 25.0 Å². The van der Waals surface area contributed by atoms with Crippen LogP contribution in [0.3, 0.4) is 0 Å². The van der Waals surface area contributed by atoms with Crippen LogP contribution in [0.2, 0.25) is 0 Å². The number of carbonyl (C=O) groups excluding carboxylic acids is 2. The molecule has 0 fully saturated rings. The second-order valence-electron chi connectivity index (χ2n) is 4.03. The third-order valence-electron chi connectivity index (χ3n) is 2.44. The fourth-order valence-corrected chi connectivity index (χ4v) is 1.49. The zero-order valence-electron chi connectivity index (χ0n) is 11.2. The molecule has 7 heteroatoms. The topological polar surface area (TPSA) is 84.7 Å². The highest BCUT2D eigenvalue weighted by Gasteiger charge is 2.17. The number of ether oxygens (including phenoxy) is 1. The highest BCUT2D eigenvalue weighted by Crippen LogP contribution is 2.02. The lowest BCUT2D eigenvalue weighted by molar-refractivity contribution is -0.138. The van der Waals surface area contributed by atoms with Crippen molar-refractivity contribution in [3.8, 4) is 0 Å². The monoisotopic (exact) mass is 269 g/mol. The molecule has 7 nitrogen and oxygen atoms in total. The van der Waals surface area contributed by atoms with Crippen LogP contribution in [0.15, 0.2) is 16.9 Å². The molecule has 0 spiro atoms. The van der Waals surface area contributed by atoms with E-state index in [1.807, 2.05) is 6.92 Å². The molecule has 1 heterocycles. The Morgan fingerprint density at radius 2 is 2.32 bits per heavy atom. The third kappa shape index (κ3) is 5.52. The van der Waals surface area contributed by atoms with Crippen molar-refractivity contribution in [2.24, 2.45) is 0 Å². The molecule has 106 valence electrons. The largest absolute Gasteiger partial charge is 0.375 e. The summed E-state index contributed by atoms with van der Waals surface area (Å²) in [6, 6.07) is 1.53. The number of anilines is 1. The molecule has 19 heavy (non-hydrogen) atoms. The van der Waals surface area contributed by atoms with E-state index in [9.17, 15) is 9.59 Å². The van der Waals surface area contributed by atoms with Crippen LogP contribution in [0.4, 0.5) is 5.82 Å². The van der Waals surface area contributed by atoms with Crippen LogP contribution >= 0.6 is 0 Å². The molecule has 0 aliphatic rings. The van der Waals surface area contributed by atoms with Crippen molar-refractivity contribution in [3.05, 3.63) is 12.3 Å². The summed E-state index contributed by atoms with van der Waals surface area (Å²) in [5, 5.41) is 6.12. The summed E-state index contributed by atoms with van der Waals surface area (Å²) in [4.78, 5) is 25.0. The molecule has 0 aliphatic carbocycles. The Hall–Kier alpha value is -1.89. The van der Waals surface area contributed by atoms with Crippen LogP contribution < -0.4 is 5.32 Å². The number of carbonyl (C=O) groups is 2. The average Bonchev–Trinajstić information content (AvgIpc) is 2.87. The lowest BCUT2D eigenvalue weighted by Gasteiger charge is -2.21. The maximum atomic E-state index is 11.8. The molecule has 0 saturated heterocycles. The smallest absolute Gasteiger partial charge is 0.249 e. The molecule has 0 unspecified atom stereocenters. The van der Waals surface area contributed by atoms with Gasteiger partial charge in [-0.25, -0.2) is 0 Å². The van der Waals surface area contributed by atoms with Gasteiger partial charge in [0.05, 0.1) is 6.54 Å². The molecule has 0 bridgehead atoms. The zero-order valence-corrected chi connectivity index (χ0v) is 11.2. The first-order chi connectivity index (χ1) is 9.17. The number of rotatable bonds is 8.